The second-order valence-corrected chi connectivity index (χ2v) is 6.21. The Morgan fingerprint density at radius 1 is 1.22 bits per heavy atom. The number of ether oxygens (including phenoxy) is 1. The molecule has 1 aliphatic heterocycles. The Balaban J connectivity index is 1.84. The summed E-state index contributed by atoms with van der Waals surface area (Å²) >= 11 is 0. The molecule has 0 aromatic heterocycles. The van der Waals surface area contributed by atoms with E-state index in [9.17, 15) is 0 Å². The van der Waals surface area contributed by atoms with Crippen molar-refractivity contribution in [1.29, 1.82) is 0 Å². The largest absolute Gasteiger partial charge is 0.377 e. The molecule has 0 spiro atoms. The molecule has 0 aromatic rings. The summed E-state index contributed by atoms with van der Waals surface area (Å²) in [6, 6.07) is 0. The monoisotopic (exact) mass is 254 g/mol. The van der Waals surface area contributed by atoms with Crippen molar-refractivity contribution in [3.63, 3.8) is 0 Å². The lowest BCUT2D eigenvalue weighted by Gasteiger charge is -2.34. The van der Waals surface area contributed by atoms with Gasteiger partial charge in [-0.3, -0.25) is 0 Å². The third kappa shape index (κ3) is 3.69. The highest BCUT2D eigenvalue weighted by molar-refractivity contribution is 4.92. The van der Waals surface area contributed by atoms with Crippen LogP contribution in [0.5, 0.6) is 0 Å². The zero-order valence-electron chi connectivity index (χ0n) is 11.9. The van der Waals surface area contributed by atoms with Gasteiger partial charge in [0.1, 0.15) is 0 Å². The zero-order valence-corrected chi connectivity index (χ0v) is 11.9. The lowest BCUT2D eigenvalue weighted by atomic mass is 9.89. The van der Waals surface area contributed by atoms with E-state index in [0.29, 0.717) is 6.10 Å². The SMILES string of the molecule is CCC1CCCC(CN)(NCC2CCCO2)CC1. The summed E-state index contributed by atoms with van der Waals surface area (Å²) < 4.78 is 5.70. The van der Waals surface area contributed by atoms with Crippen LogP contribution in [0.2, 0.25) is 0 Å². The van der Waals surface area contributed by atoms with Crippen molar-refractivity contribution < 1.29 is 4.74 Å². The summed E-state index contributed by atoms with van der Waals surface area (Å²) in [7, 11) is 0. The van der Waals surface area contributed by atoms with Gasteiger partial charge in [-0.1, -0.05) is 26.2 Å². The molecule has 2 rings (SSSR count). The van der Waals surface area contributed by atoms with E-state index in [1.165, 1.54) is 51.4 Å². The van der Waals surface area contributed by atoms with Crippen molar-refractivity contribution in [3.05, 3.63) is 0 Å². The maximum Gasteiger partial charge on any atom is 0.0700 e. The highest BCUT2D eigenvalue weighted by Crippen LogP contribution is 2.31. The first-order valence-electron chi connectivity index (χ1n) is 7.85. The van der Waals surface area contributed by atoms with Crippen LogP contribution in [-0.4, -0.2) is 31.3 Å². The minimum absolute atomic E-state index is 0.190. The average Bonchev–Trinajstić information content (AvgIpc) is 2.83. The molecule has 3 N–H and O–H groups in total. The summed E-state index contributed by atoms with van der Waals surface area (Å²) in [5.41, 5.74) is 6.27. The highest BCUT2D eigenvalue weighted by atomic mass is 16.5. The Morgan fingerprint density at radius 2 is 2.11 bits per heavy atom. The van der Waals surface area contributed by atoms with Gasteiger partial charge < -0.3 is 15.8 Å². The van der Waals surface area contributed by atoms with Gasteiger partial charge in [0.2, 0.25) is 0 Å². The third-order valence-electron chi connectivity index (χ3n) is 5.00. The van der Waals surface area contributed by atoms with Crippen LogP contribution in [0.4, 0.5) is 0 Å². The van der Waals surface area contributed by atoms with E-state index >= 15 is 0 Å². The molecular formula is C15H30N2O. The normalized spacial score (nSPS) is 37.7. The van der Waals surface area contributed by atoms with Gasteiger partial charge in [-0.15, -0.1) is 0 Å². The third-order valence-corrected chi connectivity index (χ3v) is 5.00. The van der Waals surface area contributed by atoms with E-state index in [0.717, 1.165) is 25.6 Å². The van der Waals surface area contributed by atoms with Gasteiger partial charge in [0, 0.05) is 25.2 Å². The molecule has 18 heavy (non-hydrogen) atoms. The number of nitrogens with one attached hydrogen (secondary N) is 1. The van der Waals surface area contributed by atoms with Crippen molar-refractivity contribution in [2.45, 2.75) is 69.9 Å². The number of rotatable bonds is 5. The quantitative estimate of drug-likeness (QED) is 0.741. The average molecular weight is 254 g/mol. The van der Waals surface area contributed by atoms with Crippen molar-refractivity contribution in [1.82, 2.24) is 5.32 Å². The number of hydrogen-bond donors (Lipinski definition) is 2. The van der Waals surface area contributed by atoms with Crippen LogP contribution in [0.1, 0.15) is 58.3 Å². The van der Waals surface area contributed by atoms with Crippen LogP contribution in [0.3, 0.4) is 0 Å². The molecule has 2 aliphatic rings. The van der Waals surface area contributed by atoms with E-state index < -0.39 is 0 Å². The molecule has 3 nitrogen and oxygen atoms in total. The van der Waals surface area contributed by atoms with E-state index in [2.05, 4.69) is 12.2 Å². The molecular weight excluding hydrogens is 224 g/mol. The summed E-state index contributed by atoms with van der Waals surface area (Å²) in [5, 5.41) is 3.76. The highest BCUT2D eigenvalue weighted by Gasteiger charge is 2.32. The van der Waals surface area contributed by atoms with Crippen molar-refractivity contribution in [2.24, 2.45) is 11.7 Å². The molecule has 0 radical (unpaired) electrons. The first-order chi connectivity index (χ1) is 8.78. The standard InChI is InChI=1S/C15H30N2O/c1-2-13-5-3-8-15(12-16,9-7-13)17-11-14-6-4-10-18-14/h13-14,17H,2-12,16H2,1H3. The van der Waals surface area contributed by atoms with Crippen molar-refractivity contribution in [3.8, 4) is 0 Å². The molecule has 0 amide bonds. The lowest BCUT2D eigenvalue weighted by molar-refractivity contribution is 0.0987. The molecule has 3 atom stereocenters. The molecule has 0 bridgehead atoms. The Labute approximate surface area is 112 Å². The van der Waals surface area contributed by atoms with Gasteiger partial charge in [0.25, 0.3) is 0 Å². The topological polar surface area (TPSA) is 47.3 Å². The maximum absolute atomic E-state index is 6.08. The number of nitrogens with two attached hydrogens (primary N) is 1. The maximum atomic E-state index is 6.08. The Kier molecular flexibility index (Phi) is 5.46. The van der Waals surface area contributed by atoms with Crippen LogP contribution in [0.15, 0.2) is 0 Å². The lowest BCUT2D eigenvalue weighted by Crippen LogP contribution is -2.53. The van der Waals surface area contributed by atoms with E-state index in [4.69, 9.17) is 10.5 Å². The number of hydrogen-bond acceptors (Lipinski definition) is 3. The van der Waals surface area contributed by atoms with Crippen molar-refractivity contribution >= 4 is 0 Å². The predicted molar refractivity (Wildman–Crippen MR) is 75.6 cm³/mol. The van der Waals surface area contributed by atoms with Gasteiger partial charge in [0.05, 0.1) is 6.10 Å². The van der Waals surface area contributed by atoms with Crippen LogP contribution in [-0.2, 0) is 4.74 Å². The fraction of sp³-hybridized carbons (Fsp3) is 1.00. The molecule has 1 saturated heterocycles. The molecule has 0 aromatic carbocycles. The Bertz CT molecular complexity index is 241. The summed E-state index contributed by atoms with van der Waals surface area (Å²) in [5.74, 6) is 0.919. The molecule has 3 unspecified atom stereocenters. The molecule has 1 aliphatic carbocycles. The minimum Gasteiger partial charge on any atom is -0.377 e. The summed E-state index contributed by atoms with van der Waals surface area (Å²) in [6.07, 6.45) is 10.7. The van der Waals surface area contributed by atoms with Crippen LogP contribution in [0, 0.1) is 5.92 Å². The fourth-order valence-corrected chi connectivity index (χ4v) is 3.48. The molecule has 1 saturated carbocycles. The van der Waals surface area contributed by atoms with Gasteiger partial charge >= 0.3 is 0 Å². The molecule has 2 fully saturated rings. The second-order valence-electron chi connectivity index (χ2n) is 6.21. The van der Waals surface area contributed by atoms with Gasteiger partial charge in [-0.2, -0.15) is 0 Å². The minimum atomic E-state index is 0.190. The first-order valence-corrected chi connectivity index (χ1v) is 7.85. The van der Waals surface area contributed by atoms with Gasteiger partial charge in [0.15, 0.2) is 0 Å². The molecule has 106 valence electrons. The molecule has 3 heteroatoms. The van der Waals surface area contributed by atoms with Gasteiger partial charge in [-0.25, -0.2) is 0 Å². The second kappa shape index (κ2) is 6.88. The summed E-state index contributed by atoms with van der Waals surface area (Å²) in [6.45, 7) is 5.03. The summed E-state index contributed by atoms with van der Waals surface area (Å²) in [4.78, 5) is 0. The smallest absolute Gasteiger partial charge is 0.0700 e. The van der Waals surface area contributed by atoms with Crippen LogP contribution in [0.25, 0.3) is 0 Å². The Hall–Kier alpha value is -0.120. The van der Waals surface area contributed by atoms with Crippen LogP contribution >= 0.6 is 0 Å². The van der Waals surface area contributed by atoms with Crippen LogP contribution < -0.4 is 11.1 Å². The Morgan fingerprint density at radius 3 is 2.78 bits per heavy atom. The van der Waals surface area contributed by atoms with Crippen molar-refractivity contribution in [2.75, 3.05) is 19.7 Å². The first kappa shape index (κ1) is 14.3. The van der Waals surface area contributed by atoms with E-state index in [-0.39, 0.29) is 5.54 Å². The molecule has 1 heterocycles. The zero-order chi connectivity index (χ0) is 12.8. The van der Waals surface area contributed by atoms with E-state index in [1.807, 2.05) is 0 Å². The fourth-order valence-electron chi connectivity index (χ4n) is 3.48. The predicted octanol–water partition coefficient (Wildman–Crippen LogP) is 2.44. The van der Waals surface area contributed by atoms with E-state index in [1.54, 1.807) is 0 Å². The van der Waals surface area contributed by atoms with Gasteiger partial charge in [-0.05, 0) is 38.0 Å².